The minimum absolute atomic E-state index is 0.203. The minimum Gasteiger partial charge on any atom is -0.464 e. The molecule has 1 aliphatic rings. The molecule has 5 heteroatoms. The van der Waals surface area contributed by atoms with Crippen molar-refractivity contribution in [2.24, 2.45) is 11.7 Å². The van der Waals surface area contributed by atoms with E-state index in [-0.39, 0.29) is 11.9 Å². The molecule has 1 aromatic heterocycles. The Kier molecular flexibility index (Phi) is 3.91. The smallest absolute Gasteiger partial charge is 0.127 e. The Hall–Kier alpha value is -1.52. The van der Waals surface area contributed by atoms with E-state index in [1.165, 1.54) is 18.6 Å². The molecule has 0 bridgehead atoms. The van der Waals surface area contributed by atoms with E-state index >= 15 is 0 Å². The zero-order chi connectivity index (χ0) is 15.0. The highest BCUT2D eigenvalue weighted by atomic mass is 35.5. The first kappa shape index (κ1) is 14.4. The third-order valence-corrected chi connectivity index (χ3v) is 4.12. The molecule has 3 N–H and O–H groups in total. The van der Waals surface area contributed by atoms with Crippen LogP contribution in [0.5, 0.6) is 0 Å². The zero-order valence-corrected chi connectivity index (χ0v) is 12.5. The molecule has 21 heavy (non-hydrogen) atoms. The molecule has 112 valence electrons. The second-order valence-electron chi connectivity index (χ2n) is 5.65. The van der Waals surface area contributed by atoms with Crippen molar-refractivity contribution in [1.29, 1.82) is 0 Å². The van der Waals surface area contributed by atoms with Crippen LogP contribution in [-0.2, 0) is 0 Å². The Morgan fingerprint density at radius 2 is 2.19 bits per heavy atom. The molecule has 3 atom stereocenters. The molecule has 3 unspecified atom stereocenters. The van der Waals surface area contributed by atoms with E-state index < -0.39 is 0 Å². The number of hydrogen-bond donors (Lipinski definition) is 2. The van der Waals surface area contributed by atoms with Gasteiger partial charge in [0.25, 0.3) is 0 Å². The predicted octanol–water partition coefficient (Wildman–Crippen LogP) is 4.31. The summed E-state index contributed by atoms with van der Waals surface area (Å²) in [4.78, 5) is 0. The van der Waals surface area contributed by atoms with Gasteiger partial charge in [-0.1, -0.05) is 18.5 Å². The highest BCUT2D eigenvalue weighted by molar-refractivity contribution is 6.30. The summed E-state index contributed by atoms with van der Waals surface area (Å²) in [6.07, 6.45) is 1.17. The number of hydrogen-bond acceptors (Lipinski definition) is 3. The second-order valence-corrected chi connectivity index (χ2v) is 6.09. The number of rotatable bonds is 5. The molecule has 2 aromatic rings. The summed E-state index contributed by atoms with van der Waals surface area (Å²) in [7, 11) is 0. The van der Waals surface area contributed by atoms with Crippen molar-refractivity contribution < 1.29 is 8.81 Å². The third kappa shape index (κ3) is 3.22. The number of furan rings is 1. The van der Waals surface area contributed by atoms with Crippen LogP contribution in [0.25, 0.3) is 0 Å². The molecule has 3 nitrogen and oxygen atoms in total. The monoisotopic (exact) mass is 308 g/mol. The first-order valence-corrected chi connectivity index (χ1v) is 7.47. The fraction of sp³-hybridized carbons (Fsp3) is 0.375. The quantitative estimate of drug-likeness (QED) is 0.865. The standard InChI is InChI=1S/C16H18ClFN2O/c1-9-4-13(9)15-2-3-16(21-15)14(8-19)20-12-6-10(17)5-11(18)7-12/h2-3,5-7,9,13-14,20H,4,8,19H2,1H3. The van der Waals surface area contributed by atoms with Gasteiger partial charge in [-0.25, -0.2) is 4.39 Å². The Balaban J connectivity index is 1.76. The summed E-state index contributed by atoms with van der Waals surface area (Å²) in [6, 6.07) is 8.06. The maximum Gasteiger partial charge on any atom is 0.127 e. The van der Waals surface area contributed by atoms with Gasteiger partial charge in [-0.2, -0.15) is 0 Å². The molecule has 1 saturated carbocycles. The number of benzene rings is 1. The van der Waals surface area contributed by atoms with Gasteiger partial charge < -0.3 is 15.5 Å². The van der Waals surface area contributed by atoms with Crippen LogP contribution in [0.15, 0.2) is 34.7 Å². The lowest BCUT2D eigenvalue weighted by Crippen LogP contribution is -2.20. The number of nitrogens with one attached hydrogen (secondary N) is 1. The maximum absolute atomic E-state index is 13.4. The SMILES string of the molecule is CC1CC1c1ccc(C(CN)Nc2cc(F)cc(Cl)c2)o1. The third-order valence-electron chi connectivity index (χ3n) is 3.91. The molecule has 1 aliphatic carbocycles. The Morgan fingerprint density at radius 3 is 2.81 bits per heavy atom. The van der Waals surface area contributed by atoms with Gasteiger partial charge in [0.15, 0.2) is 0 Å². The van der Waals surface area contributed by atoms with Crippen molar-refractivity contribution in [3.8, 4) is 0 Å². The summed E-state index contributed by atoms with van der Waals surface area (Å²) < 4.78 is 19.3. The van der Waals surface area contributed by atoms with E-state index in [2.05, 4.69) is 12.2 Å². The molecule has 0 aliphatic heterocycles. The molecular weight excluding hydrogens is 291 g/mol. The van der Waals surface area contributed by atoms with Gasteiger partial charge in [-0.15, -0.1) is 0 Å². The van der Waals surface area contributed by atoms with Crippen molar-refractivity contribution in [2.75, 3.05) is 11.9 Å². The molecule has 0 amide bonds. The van der Waals surface area contributed by atoms with Crippen LogP contribution in [0.4, 0.5) is 10.1 Å². The van der Waals surface area contributed by atoms with Crippen LogP contribution in [0.3, 0.4) is 0 Å². The predicted molar refractivity (Wildman–Crippen MR) is 82.1 cm³/mol. The molecule has 0 spiro atoms. The first-order valence-electron chi connectivity index (χ1n) is 7.09. The van der Waals surface area contributed by atoms with E-state index in [4.69, 9.17) is 21.8 Å². The van der Waals surface area contributed by atoms with Crippen molar-refractivity contribution in [3.05, 3.63) is 52.7 Å². The van der Waals surface area contributed by atoms with Crippen LogP contribution in [0.2, 0.25) is 5.02 Å². The van der Waals surface area contributed by atoms with Gasteiger partial charge >= 0.3 is 0 Å². The molecule has 0 radical (unpaired) electrons. The van der Waals surface area contributed by atoms with Crippen LogP contribution in [0.1, 0.15) is 36.8 Å². The van der Waals surface area contributed by atoms with Gasteiger partial charge in [0.1, 0.15) is 17.3 Å². The second kappa shape index (κ2) is 5.70. The number of nitrogens with two attached hydrogens (primary N) is 1. The Morgan fingerprint density at radius 1 is 1.43 bits per heavy atom. The van der Waals surface area contributed by atoms with Gasteiger partial charge in [0.05, 0.1) is 6.04 Å². The lowest BCUT2D eigenvalue weighted by molar-refractivity contribution is 0.441. The summed E-state index contributed by atoms with van der Waals surface area (Å²) in [6.45, 7) is 2.56. The fourth-order valence-corrected chi connectivity index (χ4v) is 2.78. The zero-order valence-electron chi connectivity index (χ0n) is 11.8. The Labute approximate surface area is 128 Å². The Bertz CT molecular complexity index is 623. The summed E-state index contributed by atoms with van der Waals surface area (Å²) in [5.41, 5.74) is 6.40. The molecule has 3 rings (SSSR count). The molecule has 1 fully saturated rings. The van der Waals surface area contributed by atoms with Crippen molar-refractivity contribution in [3.63, 3.8) is 0 Å². The largest absolute Gasteiger partial charge is 0.464 e. The van der Waals surface area contributed by atoms with Crippen molar-refractivity contribution in [1.82, 2.24) is 0 Å². The van der Waals surface area contributed by atoms with Crippen LogP contribution >= 0.6 is 11.6 Å². The minimum atomic E-state index is -0.382. The average Bonchev–Trinajstić information content (AvgIpc) is 2.97. The van der Waals surface area contributed by atoms with Gasteiger partial charge in [0.2, 0.25) is 0 Å². The van der Waals surface area contributed by atoms with E-state index in [0.29, 0.717) is 29.1 Å². The van der Waals surface area contributed by atoms with E-state index in [0.717, 1.165) is 11.5 Å². The normalized spacial score (nSPS) is 22.1. The summed E-state index contributed by atoms with van der Waals surface area (Å²) >= 11 is 5.86. The van der Waals surface area contributed by atoms with Gasteiger partial charge in [-0.3, -0.25) is 0 Å². The highest BCUT2D eigenvalue weighted by Gasteiger charge is 2.36. The molecule has 1 aromatic carbocycles. The summed E-state index contributed by atoms with van der Waals surface area (Å²) in [5, 5.41) is 3.51. The van der Waals surface area contributed by atoms with Crippen LogP contribution in [-0.4, -0.2) is 6.54 Å². The first-order chi connectivity index (χ1) is 10.1. The fourth-order valence-electron chi connectivity index (χ4n) is 2.56. The molecule has 0 saturated heterocycles. The maximum atomic E-state index is 13.4. The highest BCUT2D eigenvalue weighted by Crippen LogP contribution is 2.47. The van der Waals surface area contributed by atoms with Gasteiger partial charge in [0, 0.05) is 23.2 Å². The lowest BCUT2D eigenvalue weighted by atomic mass is 10.2. The number of anilines is 1. The van der Waals surface area contributed by atoms with Crippen molar-refractivity contribution >= 4 is 17.3 Å². The number of halogens is 2. The van der Waals surface area contributed by atoms with Crippen LogP contribution < -0.4 is 11.1 Å². The summed E-state index contributed by atoms with van der Waals surface area (Å²) in [5.74, 6) is 2.62. The topological polar surface area (TPSA) is 51.2 Å². The van der Waals surface area contributed by atoms with Gasteiger partial charge in [-0.05, 0) is 42.7 Å². The van der Waals surface area contributed by atoms with Crippen LogP contribution in [0, 0.1) is 11.7 Å². The molecular formula is C16H18ClFN2O. The van der Waals surface area contributed by atoms with E-state index in [1.807, 2.05) is 12.1 Å². The average molecular weight is 309 g/mol. The van der Waals surface area contributed by atoms with E-state index in [1.54, 1.807) is 6.07 Å². The van der Waals surface area contributed by atoms with Crippen molar-refractivity contribution in [2.45, 2.75) is 25.3 Å². The van der Waals surface area contributed by atoms with E-state index in [9.17, 15) is 4.39 Å². The molecule has 1 heterocycles. The lowest BCUT2D eigenvalue weighted by Gasteiger charge is -2.16.